The maximum Gasteiger partial charge on any atom is 0.200 e. The minimum atomic E-state index is 0.540. The average Bonchev–Trinajstić information content (AvgIpc) is 2.70. The highest BCUT2D eigenvalue weighted by molar-refractivity contribution is 5.24. The third-order valence-corrected chi connectivity index (χ3v) is 2.01. The van der Waals surface area contributed by atoms with Gasteiger partial charge in [0.1, 0.15) is 0 Å². The summed E-state index contributed by atoms with van der Waals surface area (Å²) in [4.78, 5) is 4.01. The number of furan rings is 1. The summed E-state index contributed by atoms with van der Waals surface area (Å²) in [7, 11) is 0. The molecular formula is C9H11N3O. The molecule has 4 heteroatoms. The Hall–Kier alpha value is -1.71. The van der Waals surface area contributed by atoms with Gasteiger partial charge in [-0.1, -0.05) is 0 Å². The lowest BCUT2D eigenvalue weighted by atomic mass is 10.3. The predicted molar refractivity (Wildman–Crippen MR) is 49.2 cm³/mol. The lowest BCUT2D eigenvalue weighted by molar-refractivity contribution is 0.562. The largest absolute Gasteiger partial charge is 0.472 e. The van der Waals surface area contributed by atoms with Crippen LogP contribution >= 0.6 is 0 Å². The van der Waals surface area contributed by atoms with Crippen molar-refractivity contribution in [1.82, 2.24) is 9.55 Å². The van der Waals surface area contributed by atoms with Crippen LogP contribution in [0.15, 0.2) is 29.2 Å². The van der Waals surface area contributed by atoms with Crippen molar-refractivity contribution in [2.24, 2.45) is 0 Å². The number of hydrogen-bond acceptors (Lipinski definition) is 3. The molecule has 2 heterocycles. The lowest BCUT2D eigenvalue weighted by Crippen LogP contribution is -2.05. The van der Waals surface area contributed by atoms with Gasteiger partial charge in [-0.3, -0.25) is 0 Å². The molecule has 2 rings (SSSR count). The highest BCUT2D eigenvalue weighted by atomic mass is 16.3. The van der Waals surface area contributed by atoms with Crippen LogP contribution in [0.4, 0.5) is 5.95 Å². The van der Waals surface area contributed by atoms with Crippen LogP contribution in [-0.2, 0) is 6.54 Å². The molecule has 0 aliphatic carbocycles. The van der Waals surface area contributed by atoms with Crippen LogP contribution < -0.4 is 5.73 Å². The van der Waals surface area contributed by atoms with Gasteiger partial charge in [0.25, 0.3) is 0 Å². The molecule has 0 aromatic carbocycles. The Balaban J connectivity index is 2.27. The number of aryl methyl sites for hydroxylation is 1. The molecule has 0 bridgehead atoms. The van der Waals surface area contributed by atoms with Gasteiger partial charge in [0.05, 0.1) is 25.3 Å². The van der Waals surface area contributed by atoms with Crippen molar-refractivity contribution in [3.8, 4) is 0 Å². The molecule has 0 aliphatic heterocycles. The van der Waals surface area contributed by atoms with E-state index in [2.05, 4.69) is 4.98 Å². The van der Waals surface area contributed by atoms with Gasteiger partial charge in [-0.25, -0.2) is 4.98 Å². The third-order valence-electron chi connectivity index (χ3n) is 2.01. The van der Waals surface area contributed by atoms with E-state index in [-0.39, 0.29) is 0 Å². The first-order valence-corrected chi connectivity index (χ1v) is 4.06. The second-order valence-electron chi connectivity index (χ2n) is 2.98. The van der Waals surface area contributed by atoms with Crippen molar-refractivity contribution >= 4 is 5.95 Å². The van der Waals surface area contributed by atoms with Gasteiger partial charge in [0.2, 0.25) is 5.95 Å². The first kappa shape index (κ1) is 7.91. The molecule has 0 saturated carbocycles. The molecule has 0 aliphatic rings. The Morgan fingerprint density at radius 2 is 2.46 bits per heavy atom. The van der Waals surface area contributed by atoms with Crippen molar-refractivity contribution in [2.45, 2.75) is 13.5 Å². The SMILES string of the molecule is Cc1cnc(N)n1Cc1ccoc1. The zero-order valence-corrected chi connectivity index (χ0v) is 7.40. The van der Waals surface area contributed by atoms with Gasteiger partial charge >= 0.3 is 0 Å². The summed E-state index contributed by atoms with van der Waals surface area (Å²) in [6.07, 6.45) is 5.12. The summed E-state index contributed by atoms with van der Waals surface area (Å²) in [5.41, 5.74) is 7.82. The van der Waals surface area contributed by atoms with Crippen LogP contribution in [0, 0.1) is 6.92 Å². The molecule has 0 amide bonds. The Morgan fingerprint density at radius 3 is 3.00 bits per heavy atom. The van der Waals surface area contributed by atoms with E-state index >= 15 is 0 Å². The molecule has 2 N–H and O–H groups in total. The summed E-state index contributed by atoms with van der Waals surface area (Å²) in [6.45, 7) is 2.69. The zero-order valence-electron chi connectivity index (χ0n) is 7.40. The van der Waals surface area contributed by atoms with E-state index in [4.69, 9.17) is 10.2 Å². The van der Waals surface area contributed by atoms with Gasteiger partial charge in [0.15, 0.2) is 0 Å². The Bertz CT molecular complexity index is 369. The molecule has 0 unspecified atom stereocenters. The molecule has 0 atom stereocenters. The molecular weight excluding hydrogens is 166 g/mol. The van der Waals surface area contributed by atoms with Gasteiger partial charge < -0.3 is 14.7 Å². The summed E-state index contributed by atoms with van der Waals surface area (Å²) < 4.78 is 6.90. The van der Waals surface area contributed by atoms with E-state index in [9.17, 15) is 0 Å². The number of aromatic nitrogens is 2. The van der Waals surface area contributed by atoms with E-state index in [1.807, 2.05) is 17.6 Å². The summed E-state index contributed by atoms with van der Waals surface area (Å²) in [5, 5.41) is 0. The van der Waals surface area contributed by atoms with Gasteiger partial charge in [-0.05, 0) is 13.0 Å². The van der Waals surface area contributed by atoms with Gasteiger partial charge in [-0.15, -0.1) is 0 Å². The van der Waals surface area contributed by atoms with Crippen LogP contribution in [0.1, 0.15) is 11.3 Å². The number of imidazole rings is 1. The van der Waals surface area contributed by atoms with Crippen molar-refractivity contribution in [2.75, 3.05) is 5.73 Å². The van der Waals surface area contributed by atoms with Crippen LogP contribution in [0.25, 0.3) is 0 Å². The first-order valence-electron chi connectivity index (χ1n) is 4.06. The molecule has 2 aromatic heterocycles. The highest BCUT2D eigenvalue weighted by Crippen LogP contribution is 2.10. The molecule has 0 saturated heterocycles. The fourth-order valence-electron chi connectivity index (χ4n) is 1.25. The Labute approximate surface area is 76.0 Å². The minimum Gasteiger partial charge on any atom is -0.472 e. The van der Waals surface area contributed by atoms with E-state index in [1.165, 1.54) is 0 Å². The normalized spacial score (nSPS) is 10.5. The molecule has 68 valence electrons. The zero-order chi connectivity index (χ0) is 9.26. The molecule has 0 radical (unpaired) electrons. The number of nitrogen functional groups attached to an aromatic ring is 1. The fourth-order valence-corrected chi connectivity index (χ4v) is 1.25. The second-order valence-corrected chi connectivity index (χ2v) is 2.98. The van der Waals surface area contributed by atoms with Crippen molar-refractivity contribution in [3.63, 3.8) is 0 Å². The van der Waals surface area contributed by atoms with Crippen molar-refractivity contribution in [3.05, 3.63) is 36.0 Å². The topological polar surface area (TPSA) is 57.0 Å². The highest BCUT2D eigenvalue weighted by Gasteiger charge is 2.03. The van der Waals surface area contributed by atoms with E-state index in [0.29, 0.717) is 12.5 Å². The molecule has 13 heavy (non-hydrogen) atoms. The average molecular weight is 177 g/mol. The van der Waals surface area contributed by atoms with Crippen LogP contribution in [0.3, 0.4) is 0 Å². The Kier molecular flexibility index (Phi) is 1.81. The number of rotatable bonds is 2. The Morgan fingerprint density at radius 1 is 1.62 bits per heavy atom. The second kappa shape index (κ2) is 2.97. The van der Waals surface area contributed by atoms with E-state index in [1.54, 1.807) is 18.7 Å². The lowest BCUT2D eigenvalue weighted by Gasteiger charge is -2.04. The van der Waals surface area contributed by atoms with Crippen LogP contribution in [0.2, 0.25) is 0 Å². The monoisotopic (exact) mass is 177 g/mol. The van der Waals surface area contributed by atoms with Crippen LogP contribution in [-0.4, -0.2) is 9.55 Å². The van der Waals surface area contributed by atoms with Gasteiger partial charge in [-0.2, -0.15) is 0 Å². The quantitative estimate of drug-likeness (QED) is 0.754. The summed E-state index contributed by atoms with van der Waals surface area (Å²) >= 11 is 0. The fraction of sp³-hybridized carbons (Fsp3) is 0.222. The third kappa shape index (κ3) is 1.42. The molecule has 0 spiro atoms. The van der Waals surface area contributed by atoms with Crippen molar-refractivity contribution < 1.29 is 4.42 Å². The molecule has 2 aromatic rings. The predicted octanol–water partition coefficient (Wildman–Crippen LogP) is 1.42. The minimum absolute atomic E-state index is 0.540. The van der Waals surface area contributed by atoms with E-state index < -0.39 is 0 Å². The standard InChI is InChI=1S/C9H11N3O/c1-7-4-11-9(10)12(7)5-8-2-3-13-6-8/h2-4,6H,5H2,1H3,(H2,10,11). The number of anilines is 1. The number of nitrogens with zero attached hydrogens (tertiary/aromatic N) is 2. The summed E-state index contributed by atoms with van der Waals surface area (Å²) in [5.74, 6) is 0.540. The maximum atomic E-state index is 5.68. The number of hydrogen-bond donors (Lipinski definition) is 1. The molecule has 4 nitrogen and oxygen atoms in total. The summed E-state index contributed by atoms with van der Waals surface area (Å²) in [6, 6.07) is 1.92. The van der Waals surface area contributed by atoms with Gasteiger partial charge in [0, 0.05) is 11.3 Å². The number of nitrogens with two attached hydrogens (primary N) is 1. The molecule has 0 fully saturated rings. The maximum absolute atomic E-state index is 5.68. The smallest absolute Gasteiger partial charge is 0.200 e. The van der Waals surface area contributed by atoms with Crippen molar-refractivity contribution in [1.29, 1.82) is 0 Å². The van der Waals surface area contributed by atoms with E-state index in [0.717, 1.165) is 11.3 Å². The van der Waals surface area contributed by atoms with Crippen LogP contribution in [0.5, 0.6) is 0 Å². The first-order chi connectivity index (χ1) is 6.27.